The number of allylic oxidation sites excluding steroid dienone is 14. The largest absolute Gasteiger partial charge is 0.462 e. The van der Waals surface area contributed by atoms with Gasteiger partial charge in [-0.3, -0.25) is 14.4 Å². The number of esters is 3. The maximum Gasteiger partial charge on any atom is 0.306 e. The number of hydrogen-bond donors (Lipinski definition) is 0. The average Bonchev–Trinajstić information content (AvgIpc) is 3.26. The molecule has 0 heterocycles. The molecular formula is C55H92O6. The van der Waals surface area contributed by atoms with Crippen molar-refractivity contribution in [1.29, 1.82) is 0 Å². The summed E-state index contributed by atoms with van der Waals surface area (Å²) in [4.78, 5) is 37.8. The van der Waals surface area contributed by atoms with Gasteiger partial charge in [0, 0.05) is 19.3 Å². The fraction of sp³-hybridized carbons (Fsp3) is 0.691. The van der Waals surface area contributed by atoms with Crippen LogP contribution < -0.4 is 0 Å². The Labute approximate surface area is 375 Å². The Morgan fingerprint density at radius 1 is 0.344 bits per heavy atom. The van der Waals surface area contributed by atoms with Crippen molar-refractivity contribution in [3.05, 3.63) is 85.1 Å². The lowest BCUT2D eigenvalue weighted by atomic mass is 10.0. The Morgan fingerprint density at radius 2 is 0.672 bits per heavy atom. The third-order valence-corrected chi connectivity index (χ3v) is 10.4. The number of carbonyl (C=O) groups is 3. The molecular weight excluding hydrogens is 757 g/mol. The van der Waals surface area contributed by atoms with Crippen LogP contribution in [0.4, 0.5) is 0 Å². The van der Waals surface area contributed by atoms with Crippen molar-refractivity contribution < 1.29 is 28.6 Å². The van der Waals surface area contributed by atoms with Crippen LogP contribution in [0.5, 0.6) is 0 Å². The second kappa shape index (κ2) is 49.2. The van der Waals surface area contributed by atoms with E-state index in [2.05, 4.69) is 93.7 Å². The Morgan fingerprint density at radius 3 is 1.07 bits per heavy atom. The van der Waals surface area contributed by atoms with Gasteiger partial charge in [-0.15, -0.1) is 0 Å². The molecule has 0 rings (SSSR count). The molecule has 1 unspecified atom stereocenters. The summed E-state index contributed by atoms with van der Waals surface area (Å²) in [7, 11) is 0. The Hall–Kier alpha value is -3.41. The van der Waals surface area contributed by atoms with E-state index >= 15 is 0 Å². The van der Waals surface area contributed by atoms with Gasteiger partial charge < -0.3 is 14.2 Å². The summed E-state index contributed by atoms with van der Waals surface area (Å²) in [5.74, 6) is -1.04. The highest BCUT2D eigenvalue weighted by atomic mass is 16.6. The first-order valence-electron chi connectivity index (χ1n) is 25.1. The van der Waals surface area contributed by atoms with Crippen molar-refractivity contribution in [2.75, 3.05) is 13.2 Å². The minimum absolute atomic E-state index is 0.115. The van der Waals surface area contributed by atoms with Gasteiger partial charge in [-0.05, 0) is 77.0 Å². The molecule has 6 nitrogen and oxygen atoms in total. The fourth-order valence-electron chi connectivity index (χ4n) is 6.70. The van der Waals surface area contributed by atoms with Gasteiger partial charge in [0.25, 0.3) is 0 Å². The predicted molar refractivity (Wildman–Crippen MR) is 261 cm³/mol. The summed E-state index contributed by atoms with van der Waals surface area (Å²) in [6.45, 7) is 6.30. The van der Waals surface area contributed by atoms with Crippen LogP contribution in [-0.4, -0.2) is 37.2 Å². The molecule has 0 aliphatic carbocycles. The summed E-state index contributed by atoms with van der Waals surface area (Å²) in [6.07, 6.45) is 63.1. The first-order chi connectivity index (χ1) is 30.0. The van der Waals surface area contributed by atoms with Gasteiger partial charge in [0.15, 0.2) is 6.10 Å². The number of carbonyl (C=O) groups excluding carboxylic acids is 3. The van der Waals surface area contributed by atoms with Crippen LogP contribution in [-0.2, 0) is 28.6 Å². The minimum Gasteiger partial charge on any atom is -0.462 e. The maximum atomic E-state index is 12.7. The molecule has 0 saturated heterocycles. The summed E-state index contributed by atoms with van der Waals surface area (Å²) < 4.78 is 16.6. The molecule has 0 N–H and O–H groups in total. The number of unbranched alkanes of at least 4 members (excludes halogenated alkanes) is 19. The van der Waals surface area contributed by atoms with Crippen molar-refractivity contribution in [2.45, 2.75) is 232 Å². The van der Waals surface area contributed by atoms with E-state index in [1.165, 1.54) is 96.3 Å². The van der Waals surface area contributed by atoms with E-state index in [0.717, 1.165) is 83.5 Å². The first-order valence-corrected chi connectivity index (χ1v) is 25.1. The summed E-state index contributed by atoms with van der Waals surface area (Å²) in [6, 6.07) is 0. The van der Waals surface area contributed by atoms with Gasteiger partial charge in [-0.1, -0.05) is 215 Å². The SMILES string of the molecule is CC/C=C\C/C=C\C/C=C\C/C=C\C/C=C\CCC(=O)OC(COC(=O)CCCC/C=C\C/C=C\CC)COC(=O)CCCCCCCCCCCCCCCCCCCC. The molecule has 0 radical (unpaired) electrons. The monoisotopic (exact) mass is 849 g/mol. The van der Waals surface area contributed by atoms with Crippen molar-refractivity contribution >= 4 is 17.9 Å². The molecule has 0 aromatic carbocycles. The van der Waals surface area contributed by atoms with Gasteiger partial charge >= 0.3 is 17.9 Å². The highest BCUT2D eigenvalue weighted by molar-refractivity contribution is 5.71. The molecule has 0 bridgehead atoms. The fourth-order valence-corrected chi connectivity index (χ4v) is 6.70. The van der Waals surface area contributed by atoms with Gasteiger partial charge in [-0.2, -0.15) is 0 Å². The normalized spacial score (nSPS) is 12.8. The summed E-state index contributed by atoms with van der Waals surface area (Å²) in [5.41, 5.74) is 0. The molecule has 0 aromatic rings. The van der Waals surface area contributed by atoms with E-state index in [1.54, 1.807) is 0 Å². The second-order valence-electron chi connectivity index (χ2n) is 16.3. The van der Waals surface area contributed by atoms with Gasteiger partial charge in [0.05, 0.1) is 0 Å². The van der Waals surface area contributed by atoms with E-state index in [0.29, 0.717) is 19.3 Å². The van der Waals surface area contributed by atoms with Crippen molar-refractivity contribution in [3.8, 4) is 0 Å². The molecule has 0 fully saturated rings. The van der Waals surface area contributed by atoms with Crippen molar-refractivity contribution in [2.24, 2.45) is 0 Å². The molecule has 0 aliphatic rings. The lowest BCUT2D eigenvalue weighted by Gasteiger charge is -2.18. The topological polar surface area (TPSA) is 78.9 Å². The molecule has 1 atom stereocenters. The highest BCUT2D eigenvalue weighted by Crippen LogP contribution is 2.15. The minimum atomic E-state index is -0.826. The van der Waals surface area contributed by atoms with Crippen molar-refractivity contribution in [3.63, 3.8) is 0 Å². The lowest BCUT2D eigenvalue weighted by Crippen LogP contribution is -2.30. The van der Waals surface area contributed by atoms with E-state index in [9.17, 15) is 14.4 Å². The Bertz CT molecular complexity index is 1200. The first kappa shape index (κ1) is 57.6. The standard InChI is InChI=1S/C55H92O6/c1-4-7-10-13-16-19-21-23-25-27-28-30-31-33-36-39-42-45-48-54(57)60-51-52(50-59-53(56)47-44-41-38-35-18-15-12-9-6-3)61-55(58)49-46-43-40-37-34-32-29-26-24-22-20-17-14-11-8-5-2/h8-9,11-12,17-18,20,24,26,32,34-35,40,43,52H,4-7,10,13-16,19,21-23,25,27-31,33,36-39,41-42,44-51H2,1-3H3/b11-8-,12-9-,20-17-,26-24-,34-32-,35-18-,43-40-. The molecule has 0 aliphatic heterocycles. The Kier molecular flexibility index (Phi) is 46.5. The zero-order valence-electron chi connectivity index (χ0n) is 39.7. The summed E-state index contributed by atoms with van der Waals surface area (Å²) >= 11 is 0. The van der Waals surface area contributed by atoms with Crippen LogP contribution in [0.2, 0.25) is 0 Å². The second-order valence-corrected chi connectivity index (χ2v) is 16.3. The van der Waals surface area contributed by atoms with E-state index in [4.69, 9.17) is 14.2 Å². The van der Waals surface area contributed by atoms with Crippen LogP contribution in [0.15, 0.2) is 85.1 Å². The number of ether oxygens (including phenoxy) is 3. The van der Waals surface area contributed by atoms with E-state index in [1.807, 2.05) is 12.2 Å². The Balaban J connectivity index is 4.42. The maximum absolute atomic E-state index is 12.7. The van der Waals surface area contributed by atoms with Crippen LogP contribution in [0, 0.1) is 0 Å². The van der Waals surface area contributed by atoms with Gasteiger partial charge in [-0.25, -0.2) is 0 Å². The van der Waals surface area contributed by atoms with Crippen LogP contribution >= 0.6 is 0 Å². The van der Waals surface area contributed by atoms with Gasteiger partial charge in [0.1, 0.15) is 13.2 Å². The molecule has 6 heteroatoms. The predicted octanol–water partition coefficient (Wildman–Crippen LogP) is 16.4. The van der Waals surface area contributed by atoms with E-state index in [-0.39, 0.29) is 31.6 Å². The van der Waals surface area contributed by atoms with Crippen LogP contribution in [0.1, 0.15) is 226 Å². The van der Waals surface area contributed by atoms with E-state index < -0.39 is 12.1 Å². The zero-order valence-corrected chi connectivity index (χ0v) is 39.7. The van der Waals surface area contributed by atoms with Crippen molar-refractivity contribution in [1.82, 2.24) is 0 Å². The molecule has 61 heavy (non-hydrogen) atoms. The molecule has 0 spiro atoms. The lowest BCUT2D eigenvalue weighted by molar-refractivity contribution is -0.166. The third kappa shape index (κ3) is 47.5. The average molecular weight is 849 g/mol. The number of rotatable bonds is 44. The molecule has 0 saturated carbocycles. The quantitative estimate of drug-likeness (QED) is 0.0263. The highest BCUT2D eigenvalue weighted by Gasteiger charge is 2.19. The smallest absolute Gasteiger partial charge is 0.306 e. The molecule has 0 aromatic heterocycles. The zero-order chi connectivity index (χ0) is 44.4. The molecule has 0 amide bonds. The molecule has 348 valence electrons. The van der Waals surface area contributed by atoms with Crippen LogP contribution in [0.3, 0.4) is 0 Å². The number of hydrogen-bond acceptors (Lipinski definition) is 6. The third-order valence-electron chi connectivity index (χ3n) is 10.4. The summed E-state index contributed by atoms with van der Waals surface area (Å²) in [5, 5.41) is 0. The van der Waals surface area contributed by atoms with Crippen LogP contribution in [0.25, 0.3) is 0 Å². The van der Waals surface area contributed by atoms with Gasteiger partial charge in [0.2, 0.25) is 0 Å².